The maximum atomic E-state index is 12.5. The van der Waals surface area contributed by atoms with Crippen LogP contribution in [0, 0.1) is 5.92 Å². The molecule has 0 bridgehead atoms. The number of hydrogen-bond acceptors (Lipinski definition) is 5. The van der Waals surface area contributed by atoms with Gasteiger partial charge in [0, 0.05) is 32.7 Å². The first-order valence-electron chi connectivity index (χ1n) is 9.18. The van der Waals surface area contributed by atoms with Crippen LogP contribution in [0.3, 0.4) is 0 Å². The SMILES string of the molecule is COc1ccc(C(NC(=O)CN2CCN(CCO)CC2)C2CC2)cc1. The minimum absolute atomic E-state index is 0.100. The Bertz CT molecular complexity index is 552. The van der Waals surface area contributed by atoms with Crippen LogP contribution < -0.4 is 10.1 Å². The molecule has 0 aromatic heterocycles. The van der Waals surface area contributed by atoms with Crippen molar-refractivity contribution in [3.05, 3.63) is 29.8 Å². The summed E-state index contributed by atoms with van der Waals surface area (Å²) in [7, 11) is 1.66. The molecule has 6 heteroatoms. The third kappa shape index (κ3) is 5.17. The molecule has 1 heterocycles. The molecule has 6 nitrogen and oxygen atoms in total. The van der Waals surface area contributed by atoms with E-state index in [1.807, 2.05) is 12.1 Å². The first-order valence-corrected chi connectivity index (χ1v) is 9.18. The molecule has 1 amide bonds. The van der Waals surface area contributed by atoms with Gasteiger partial charge in [0.25, 0.3) is 0 Å². The van der Waals surface area contributed by atoms with Crippen LogP contribution >= 0.6 is 0 Å². The molecule has 1 aromatic carbocycles. The van der Waals surface area contributed by atoms with Crippen LogP contribution in [-0.2, 0) is 4.79 Å². The van der Waals surface area contributed by atoms with Gasteiger partial charge in [-0.05, 0) is 36.5 Å². The highest BCUT2D eigenvalue weighted by Gasteiger charge is 2.33. The third-order valence-electron chi connectivity index (χ3n) is 5.13. The minimum atomic E-state index is 0.100. The highest BCUT2D eigenvalue weighted by atomic mass is 16.5. The molecule has 1 atom stereocenters. The number of piperazine rings is 1. The van der Waals surface area contributed by atoms with E-state index in [4.69, 9.17) is 9.84 Å². The molecule has 1 aliphatic carbocycles. The quantitative estimate of drug-likeness (QED) is 0.731. The molecular weight excluding hydrogens is 318 g/mol. The van der Waals surface area contributed by atoms with Crippen LogP contribution in [0.4, 0.5) is 0 Å². The number of aliphatic hydroxyl groups is 1. The van der Waals surface area contributed by atoms with Gasteiger partial charge in [0.2, 0.25) is 5.91 Å². The van der Waals surface area contributed by atoms with Gasteiger partial charge in [-0.3, -0.25) is 14.6 Å². The summed E-state index contributed by atoms with van der Waals surface area (Å²) in [4.78, 5) is 17.0. The van der Waals surface area contributed by atoms with Gasteiger partial charge in [-0.1, -0.05) is 12.1 Å². The number of rotatable bonds is 8. The van der Waals surface area contributed by atoms with Crippen molar-refractivity contribution in [1.29, 1.82) is 0 Å². The molecule has 25 heavy (non-hydrogen) atoms. The number of nitrogens with zero attached hydrogens (tertiary/aromatic N) is 2. The lowest BCUT2D eigenvalue weighted by Crippen LogP contribution is -2.50. The molecule has 3 rings (SSSR count). The average Bonchev–Trinajstić information content (AvgIpc) is 3.47. The molecule has 1 aromatic rings. The summed E-state index contributed by atoms with van der Waals surface area (Å²) in [5.41, 5.74) is 1.16. The normalized spacial score (nSPS) is 20.2. The second-order valence-electron chi connectivity index (χ2n) is 7.00. The molecule has 0 spiro atoms. The number of hydrogen-bond donors (Lipinski definition) is 2. The summed E-state index contributed by atoms with van der Waals surface area (Å²) in [6.07, 6.45) is 2.35. The van der Waals surface area contributed by atoms with E-state index >= 15 is 0 Å². The maximum absolute atomic E-state index is 12.5. The predicted octanol–water partition coefficient (Wildman–Crippen LogP) is 0.872. The van der Waals surface area contributed by atoms with Gasteiger partial charge in [0.1, 0.15) is 5.75 Å². The highest BCUT2D eigenvalue weighted by molar-refractivity contribution is 5.78. The topological polar surface area (TPSA) is 65.0 Å². The van der Waals surface area contributed by atoms with Gasteiger partial charge < -0.3 is 15.2 Å². The van der Waals surface area contributed by atoms with Crippen molar-refractivity contribution in [3.63, 3.8) is 0 Å². The van der Waals surface area contributed by atoms with Crippen molar-refractivity contribution in [2.45, 2.75) is 18.9 Å². The molecule has 0 radical (unpaired) electrons. The summed E-state index contributed by atoms with van der Waals surface area (Å²) in [6.45, 7) is 4.96. The Morgan fingerprint density at radius 1 is 1.20 bits per heavy atom. The van der Waals surface area contributed by atoms with E-state index in [-0.39, 0.29) is 18.6 Å². The molecule has 1 saturated carbocycles. The van der Waals surface area contributed by atoms with E-state index in [0.29, 0.717) is 12.5 Å². The zero-order valence-corrected chi connectivity index (χ0v) is 15.0. The Morgan fingerprint density at radius 2 is 1.84 bits per heavy atom. The van der Waals surface area contributed by atoms with Crippen molar-refractivity contribution < 1.29 is 14.6 Å². The van der Waals surface area contributed by atoms with Crippen molar-refractivity contribution in [2.75, 3.05) is 53.0 Å². The summed E-state index contributed by atoms with van der Waals surface area (Å²) < 4.78 is 5.22. The molecule has 1 saturated heterocycles. The number of carbonyl (C=O) groups is 1. The molecule has 2 aliphatic rings. The Hall–Kier alpha value is -1.63. The molecular formula is C19H29N3O3. The lowest BCUT2D eigenvalue weighted by atomic mass is 10.0. The summed E-state index contributed by atoms with van der Waals surface area (Å²) in [6, 6.07) is 8.12. The number of aliphatic hydroxyl groups excluding tert-OH is 1. The van der Waals surface area contributed by atoms with Gasteiger partial charge in [-0.2, -0.15) is 0 Å². The fourth-order valence-electron chi connectivity index (χ4n) is 3.45. The van der Waals surface area contributed by atoms with Crippen molar-refractivity contribution in [2.24, 2.45) is 5.92 Å². The number of methoxy groups -OCH3 is 1. The van der Waals surface area contributed by atoms with E-state index in [1.165, 1.54) is 12.8 Å². The van der Waals surface area contributed by atoms with Crippen molar-refractivity contribution in [3.8, 4) is 5.75 Å². The summed E-state index contributed by atoms with van der Waals surface area (Å²) in [5, 5.41) is 12.2. The number of amides is 1. The number of benzene rings is 1. The standard InChI is InChI=1S/C19H29N3O3/c1-25-17-6-4-16(5-7-17)19(15-2-3-15)20-18(24)14-22-10-8-21(9-11-22)12-13-23/h4-7,15,19,23H,2-3,8-14H2,1H3,(H,20,24). The van der Waals surface area contributed by atoms with E-state index in [2.05, 4.69) is 27.2 Å². The Kier molecular flexibility index (Phi) is 6.29. The maximum Gasteiger partial charge on any atom is 0.234 e. The molecule has 2 N–H and O–H groups in total. The number of carbonyl (C=O) groups excluding carboxylic acids is 1. The van der Waals surface area contributed by atoms with E-state index in [1.54, 1.807) is 7.11 Å². The average molecular weight is 347 g/mol. The van der Waals surface area contributed by atoms with Gasteiger partial charge in [0.15, 0.2) is 0 Å². The fraction of sp³-hybridized carbons (Fsp3) is 0.632. The molecule has 2 fully saturated rings. The lowest BCUT2D eigenvalue weighted by molar-refractivity contribution is -0.123. The van der Waals surface area contributed by atoms with Crippen LogP contribution in [0.25, 0.3) is 0 Å². The largest absolute Gasteiger partial charge is 0.497 e. The van der Waals surface area contributed by atoms with Gasteiger partial charge >= 0.3 is 0 Å². The number of β-amino-alcohol motifs (C(OH)–C–C–N with tert-alkyl or cyclic N) is 1. The lowest BCUT2D eigenvalue weighted by Gasteiger charge is -2.34. The zero-order valence-electron chi connectivity index (χ0n) is 15.0. The minimum Gasteiger partial charge on any atom is -0.497 e. The molecule has 1 aliphatic heterocycles. The molecule has 1 unspecified atom stereocenters. The van der Waals surface area contributed by atoms with Gasteiger partial charge in [0.05, 0.1) is 26.3 Å². The van der Waals surface area contributed by atoms with E-state index < -0.39 is 0 Å². The third-order valence-corrected chi connectivity index (χ3v) is 5.13. The van der Waals surface area contributed by atoms with Crippen LogP contribution in [0.15, 0.2) is 24.3 Å². The van der Waals surface area contributed by atoms with E-state index in [0.717, 1.165) is 44.0 Å². The van der Waals surface area contributed by atoms with Crippen LogP contribution in [0.2, 0.25) is 0 Å². The van der Waals surface area contributed by atoms with Crippen LogP contribution in [0.5, 0.6) is 5.75 Å². The number of ether oxygens (including phenoxy) is 1. The fourth-order valence-corrected chi connectivity index (χ4v) is 3.45. The highest BCUT2D eigenvalue weighted by Crippen LogP contribution is 2.41. The van der Waals surface area contributed by atoms with Crippen molar-refractivity contribution in [1.82, 2.24) is 15.1 Å². The first kappa shape index (κ1) is 18.2. The smallest absolute Gasteiger partial charge is 0.234 e. The predicted molar refractivity (Wildman–Crippen MR) is 96.6 cm³/mol. The Morgan fingerprint density at radius 3 is 2.40 bits per heavy atom. The second-order valence-corrected chi connectivity index (χ2v) is 7.00. The monoisotopic (exact) mass is 347 g/mol. The van der Waals surface area contributed by atoms with Gasteiger partial charge in [-0.15, -0.1) is 0 Å². The second kappa shape index (κ2) is 8.65. The Balaban J connectivity index is 1.51. The van der Waals surface area contributed by atoms with Crippen LogP contribution in [-0.4, -0.2) is 73.8 Å². The van der Waals surface area contributed by atoms with E-state index in [9.17, 15) is 4.79 Å². The Labute approximate surface area is 149 Å². The zero-order chi connectivity index (χ0) is 17.6. The molecule has 138 valence electrons. The van der Waals surface area contributed by atoms with Gasteiger partial charge in [-0.25, -0.2) is 0 Å². The van der Waals surface area contributed by atoms with Crippen molar-refractivity contribution >= 4 is 5.91 Å². The summed E-state index contributed by atoms with van der Waals surface area (Å²) >= 11 is 0. The number of nitrogens with one attached hydrogen (secondary N) is 1. The first-order chi connectivity index (χ1) is 12.2. The summed E-state index contributed by atoms with van der Waals surface area (Å²) in [5.74, 6) is 1.49. The van der Waals surface area contributed by atoms with Crippen LogP contribution in [0.1, 0.15) is 24.4 Å².